The number of nitrogens with zero attached hydrogens (tertiary/aromatic N) is 1. The summed E-state index contributed by atoms with van der Waals surface area (Å²) in [7, 11) is 1.70. The van der Waals surface area contributed by atoms with Gasteiger partial charge in [0.2, 0.25) is 0 Å². The van der Waals surface area contributed by atoms with E-state index < -0.39 is 0 Å². The molecule has 0 amide bonds. The Labute approximate surface area is 147 Å². The van der Waals surface area contributed by atoms with Crippen LogP contribution in [0.1, 0.15) is 5.56 Å². The number of rotatable bonds is 4. The van der Waals surface area contributed by atoms with Crippen molar-refractivity contribution in [3.05, 3.63) is 58.1 Å². The van der Waals surface area contributed by atoms with Crippen molar-refractivity contribution in [3.63, 3.8) is 0 Å². The van der Waals surface area contributed by atoms with Gasteiger partial charge in [-0.25, -0.2) is 0 Å². The molecule has 23 heavy (non-hydrogen) atoms. The van der Waals surface area contributed by atoms with E-state index in [2.05, 4.69) is 17.0 Å². The fourth-order valence-electron chi connectivity index (χ4n) is 3.02. The van der Waals surface area contributed by atoms with Crippen LogP contribution in [0.15, 0.2) is 42.5 Å². The maximum absolute atomic E-state index is 6.28. The highest BCUT2D eigenvalue weighted by Gasteiger charge is 2.22. The van der Waals surface area contributed by atoms with Crippen molar-refractivity contribution in [3.8, 4) is 5.75 Å². The van der Waals surface area contributed by atoms with Crippen LogP contribution in [0.4, 0.5) is 5.69 Å². The largest absolute Gasteiger partial charge is 0.497 e. The molecule has 0 saturated carbocycles. The smallest absolute Gasteiger partial charge is 0.120 e. The number of anilines is 1. The molecule has 0 bridgehead atoms. The second-order valence-electron chi connectivity index (χ2n) is 5.82. The summed E-state index contributed by atoms with van der Waals surface area (Å²) in [6.45, 7) is 5.05. The summed E-state index contributed by atoms with van der Waals surface area (Å²) in [4.78, 5) is 3.92. The van der Waals surface area contributed by atoms with Crippen LogP contribution in [0.2, 0.25) is 10.0 Å². The van der Waals surface area contributed by atoms with Gasteiger partial charge in [-0.05, 0) is 24.3 Å². The highest BCUT2D eigenvalue weighted by Crippen LogP contribution is 2.24. The third-order valence-electron chi connectivity index (χ3n) is 4.38. The predicted molar refractivity (Wildman–Crippen MR) is 96.1 cm³/mol. The average Bonchev–Trinajstić information content (AvgIpc) is 2.59. The van der Waals surface area contributed by atoms with Gasteiger partial charge in [-0.1, -0.05) is 35.3 Å². The number of benzene rings is 2. The van der Waals surface area contributed by atoms with Crippen LogP contribution >= 0.6 is 23.2 Å². The van der Waals surface area contributed by atoms with Crippen molar-refractivity contribution in [2.75, 3.05) is 38.2 Å². The first kappa shape index (κ1) is 16.4. The second kappa shape index (κ2) is 7.43. The number of methoxy groups -OCH3 is 1. The van der Waals surface area contributed by atoms with Gasteiger partial charge >= 0.3 is 0 Å². The molecule has 0 spiro atoms. The number of piperazine rings is 1. The lowest BCUT2D eigenvalue weighted by Gasteiger charge is -2.34. The zero-order valence-corrected chi connectivity index (χ0v) is 14.7. The van der Waals surface area contributed by atoms with Crippen molar-refractivity contribution in [2.45, 2.75) is 6.54 Å². The highest BCUT2D eigenvalue weighted by atomic mass is 35.5. The van der Waals surface area contributed by atoms with E-state index in [1.165, 1.54) is 10.6 Å². The number of hydrogen-bond donors (Lipinski definition) is 1. The molecule has 0 atom stereocenters. The molecule has 3 rings (SSSR count). The maximum atomic E-state index is 6.28. The molecule has 0 aliphatic carbocycles. The summed E-state index contributed by atoms with van der Waals surface area (Å²) in [6.07, 6.45) is 0. The third kappa shape index (κ3) is 3.92. The fraction of sp³-hybridized carbons (Fsp3) is 0.333. The molecule has 1 heterocycles. The van der Waals surface area contributed by atoms with Crippen LogP contribution in [0.3, 0.4) is 0 Å². The van der Waals surface area contributed by atoms with Crippen molar-refractivity contribution in [2.24, 2.45) is 0 Å². The van der Waals surface area contributed by atoms with Gasteiger partial charge in [0, 0.05) is 17.3 Å². The van der Waals surface area contributed by atoms with Crippen LogP contribution < -0.4 is 14.5 Å². The van der Waals surface area contributed by atoms with E-state index in [0.29, 0.717) is 0 Å². The van der Waals surface area contributed by atoms with E-state index in [1.54, 1.807) is 7.11 Å². The first-order valence-electron chi connectivity index (χ1n) is 7.83. The normalized spacial score (nSPS) is 15.7. The number of halogens is 2. The van der Waals surface area contributed by atoms with Crippen LogP contribution in [-0.4, -0.2) is 33.3 Å². The minimum absolute atomic E-state index is 0.764. The number of quaternary nitrogens is 1. The van der Waals surface area contributed by atoms with Gasteiger partial charge in [-0.15, -0.1) is 0 Å². The van der Waals surface area contributed by atoms with Gasteiger partial charge in [0.25, 0.3) is 0 Å². The average molecular weight is 352 g/mol. The van der Waals surface area contributed by atoms with Crippen molar-refractivity contribution < 1.29 is 9.64 Å². The Bertz CT molecular complexity index is 650. The summed E-state index contributed by atoms with van der Waals surface area (Å²) in [5, 5.41) is 1.53. The van der Waals surface area contributed by atoms with Crippen LogP contribution in [0.25, 0.3) is 0 Å². The monoisotopic (exact) mass is 351 g/mol. The molecule has 2 aromatic carbocycles. The Morgan fingerprint density at radius 1 is 1.04 bits per heavy atom. The first-order chi connectivity index (χ1) is 11.2. The number of ether oxygens (including phenoxy) is 1. The molecule has 0 aromatic heterocycles. The molecular weight excluding hydrogens is 331 g/mol. The zero-order valence-electron chi connectivity index (χ0n) is 13.2. The molecule has 1 saturated heterocycles. The van der Waals surface area contributed by atoms with E-state index in [9.17, 15) is 0 Å². The Morgan fingerprint density at radius 3 is 2.35 bits per heavy atom. The predicted octanol–water partition coefficient (Wildman–Crippen LogP) is 2.91. The fourth-order valence-corrected chi connectivity index (χ4v) is 3.55. The van der Waals surface area contributed by atoms with Crippen LogP contribution in [0.5, 0.6) is 5.75 Å². The molecule has 1 N–H and O–H groups in total. The van der Waals surface area contributed by atoms with Crippen molar-refractivity contribution >= 4 is 28.9 Å². The zero-order chi connectivity index (χ0) is 16.2. The molecule has 5 heteroatoms. The SMILES string of the molecule is COc1cccc(N2CC[NH+](Cc3c(Cl)cccc3Cl)CC2)c1. The molecule has 2 aromatic rings. The Balaban J connectivity index is 1.62. The van der Waals surface area contributed by atoms with Crippen molar-refractivity contribution in [1.82, 2.24) is 0 Å². The van der Waals surface area contributed by atoms with Gasteiger partial charge < -0.3 is 14.5 Å². The van der Waals surface area contributed by atoms with Crippen molar-refractivity contribution in [1.29, 1.82) is 0 Å². The van der Waals surface area contributed by atoms with Gasteiger partial charge in [-0.2, -0.15) is 0 Å². The van der Waals surface area contributed by atoms with Crippen LogP contribution in [-0.2, 0) is 6.54 Å². The summed E-state index contributed by atoms with van der Waals surface area (Å²) >= 11 is 12.6. The van der Waals surface area contributed by atoms with E-state index in [0.717, 1.165) is 54.1 Å². The molecule has 122 valence electrons. The summed E-state index contributed by atoms with van der Waals surface area (Å²) in [6, 6.07) is 14.0. The molecule has 0 unspecified atom stereocenters. The molecule has 1 fully saturated rings. The molecular formula is C18H21Cl2N2O+. The summed E-state index contributed by atoms with van der Waals surface area (Å²) < 4.78 is 5.31. The standard InChI is InChI=1S/C18H20Cl2N2O/c1-23-15-5-2-4-14(12-15)22-10-8-21(9-11-22)13-16-17(19)6-3-7-18(16)20/h2-7,12H,8-11,13H2,1H3/p+1. The quantitative estimate of drug-likeness (QED) is 0.911. The summed E-state index contributed by atoms with van der Waals surface area (Å²) in [5.41, 5.74) is 2.28. The van der Waals surface area contributed by atoms with Crippen LogP contribution in [0, 0.1) is 0 Å². The second-order valence-corrected chi connectivity index (χ2v) is 6.63. The highest BCUT2D eigenvalue weighted by molar-refractivity contribution is 6.35. The van der Waals surface area contributed by atoms with Gasteiger partial charge in [0.15, 0.2) is 0 Å². The minimum Gasteiger partial charge on any atom is -0.497 e. The molecule has 3 nitrogen and oxygen atoms in total. The third-order valence-corrected chi connectivity index (χ3v) is 5.09. The lowest BCUT2D eigenvalue weighted by atomic mass is 10.2. The molecule has 1 aliphatic rings. The molecule has 1 aliphatic heterocycles. The van der Waals surface area contributed by atoms with Gasteiger partial charge in [-0.3, -0.25) is 0 Å². The van der Waals surface area contributed by atoms with E-state index >= 15 is 0 Å². The Morgan fingerprint density at radius 2 is 1.70 bits per heavy atom. The Kier molecular flexibility index (Phi) is 5.31. The van der Waals surface area contributed by atoms with Gasteiger partial charge in [0.1, 0.15) is 12.3 Å². The molecule has 0 radical (unpaired) electrons. The number of nitrogens with one attached hydrogen (secondary N) is 1. The van der Waals surface area contributed by atoms with E-state index in [4.69, 9.17) is 27.9 Å². The Hall–Kier alpha value is -1.42. The van der Waals surface area contributed by atoms with E-state index in [1.807, 2.05) is 30.3 Å². The lowest BCUT2D eigenvalue weighted by Crippen LogP contribution is -3.13. The summed E-state index contributed by atoms with van der Waals surface area (Å²) in [5.74, 6) is 0.903. The lowest BCUT2D eigenvalue weighted by molar-refractivity contribution is -0.914. The topological polar surface area (TPSA) is 16.9 Å². The maximum Gasteiger partial charge on any atom is 0.120 e. The van der Waals surface area contributed by atoms with Gasteiger partial charge in [0.05, 0.1) is 43.3 Å². The first-order valence-corrected chi connectivity index (χ1v) is 8.58. The minimum atomic E-state index is 0.764. The number of hydrogen-bond acceptors (Lipinski definition) is 2. The van der Waals surface area contributed by atoms with E-state index in [-0.39, 0.29) is 0 Å².